The number of ether oxygens (including phenoxy) is 1. The van der Waals surface area contributed by atoms with Gasteiger partial charge in [-0.1, -0.05) is 54.6 Å². The molecule has 21 heavy (non-hydrogen) atoms. The van der Waals surface area contributed by atoms with Crippen molar-refractivity contribution in [1.82, 2.24) is 0 Å². The van der Waals surface area contributed by atoms with Crippen molar-refractivity contribution in [3.8, 4) is 11.1 Å². The van der Waals surface area contributed by atoms with Gasteiger partial charge in [0.2, 0.25) is 0 Å². The summed E-state index contributed by atoms with van der Waals surface area (Å²) in [6, 6.07) is 17.6. The van der Waals surface area contributed by atoms with E-state index in [1.54, 1.807) is 13.8 Å². The normalized spacial score (nSPS) is 12.8. The highest BCUT2D eigenvalue weighted by Crippen LogP contribution is 2.31. The number of aliphatic hydroxyl groups is 1. The number of methoxy groups -OCH3 is 1. The number of hydrogen-bond donors (Lipinski definition) is 1. The first-order valence-corrected chi connectivity index (χ1v) is 6.89. The molecule has 0 fully saturated rings. The fraction of sp³-hybridized carbons (Fsp3) is 0.278. The van der Waals surface area contributed by atoms with E-state index in [1.807, 2.05) is 54.6 Å². The largest absolute Gasteiger partial charge is 0.468 e. The lowest BCUT2D eigenvalue weighted by Gasteiger charge is -2.27. The van der Waals surface area contributed by atoms with Crippen LogP contribution in [0.4, 0.5) is 0 Å². The number of carbonyl (C=O) groups excluding carboxylic acids is 1. The van der Waals surface area contributed by atoms with Crippen molar-refractivity contribution in [3.05, 3.63) is 60.2 Å². The van der Waals surface area contributed by atoms with Crippen molar-refractivity contribution in [3.63, 3.8) is 0 Å². The van der Waals surface area contributed by atoms with Crippen LogP contribution in [0.3, 0.4) is 0 Å². The molecule has 0 aliphatic heterocycles. The molecule has 0 aromatic heterocycles. The van der Waals surface area contributed by atoms with E-state index in [1.165, 1.54) is 7.11 Å². The van der Waals surface area contributed by atoms with Gasteiger partial charge in [-0.2, -0.15) is 0 Å². The fourth-order valence-corrected chi connectivity index (χ4v) is 2.45. The summed E-state index contributed by atoms with van der Waals surface area (Å²) in [5, 5.41) is 10.2. The molecule has 0 heterocycles. The average molecular weight is 284 g/mol. The van der Waals surface area contributed by atoms with Gasteiger partial charge >= 0.3 is 5.97 Å². The van der Waals surface area contributed by atoms with Crippen LogP contribution < -0.4 is 0 Å². The molecule has 1 N–H and O–H groups in total. The topological polar surface area (TPSA) is 46.5 Å². The first-order chi connectivity index (χ1) is 9.93. The molecule has 1 atom stereocenters. The van der Waals surface area contributed by atoms with Crippen LogP contribution in [-0.4, -0.2) is 23.8 Å². The zero-order chi connectivity index (χ0) is 15.5. The van der Waals surface area contributed by atoms with E-state index in [9.17, 15) is 9.90 Å². The van der Waals surface area contributed by atoms with Gasteiger partial charge in [0.05, 0.1) is 12.7 Å². The molecule has 0 spiro atoms. The number of rotatable bonds is 4. The fourth-order valence-electron chi connectivity index (χ4n) is 2.45. The van der Waals surface area contributed by atoms with E-state index in [0.717, 1.165) is 16.7 Å². The van der Waals surface area contributed by atoms with E-state index >= 15 is 0 Å². The highest BCUT2D eigenvalue weighted by atomic mass is 16.5. The molecular formula is C18H20O3. The summed E-state index contributed by atoms with van der Waals surface area (Å²) < 4.78 is 4.81. The molecule has 2 aromatic carbocycles. The minimum Gasteiger partial charge on any atom is -0.468 e. The Morgan fingerprint density at radius 3 is 2.00 bits per heavy atom. The molecule has 3 nitrogen and oxygen atoms in total. The van der Waals surface area contributed by atoms with Gasteiger partial charge in [0.1, 0.15) is 5.92 Å². The van der Waals surface area contributed by atoms with Crippen molar-refractivity contribution in [1.29, 1.82) is 0 Å². The predicted molar refractivity (Wildman–Crippen MR) is 82.9 cm³/mol. The third-order valence-electron chi connectivity index (χ3n) is 3.49. The molecular weight excluding hydrogens is 264 g/mol. The molecule has 0 aliphatic carbocycles. The van der Waals surface area contributed by atoms with Crippen LogP contribution in [0.25, 0.3) is 11.1 Å². The van der Waals surface area contributed by atoms with Gasteiger partial charge in [-0.25, -0.2) is 0 Å². The molecule has 3 heteroatoms. The summed E-state index contributed by atoms with van der Waals surface area (Å²) in [7, 11) is 1.33. The van der Waals surface area contributed by atoms with Crippen LogP contribution >= 0.6 is 0 Å². The number of carbonyl (C=O) groups is 1. The molecule has 0 bridgehead atoms. The van der Waals surface area contributed by atoms with Crippen LogP contribution in [0.1, 0.15) is 25.3 Å². The van der Waals surface area contributed by atoms with E-state index < -0.39 is 17.5 Å². The Bertz CT molecular complexity index is 595. The Kier molecular flexibility index (Phi) is 4.43. The van der Waals surface area contributed by atoms with Crippen LogP contribution in [0.5, 0.6) is 0 Å². The van der Waals surface area contributed by atoms with E-state index in [2.05, 4.69) is 0 Å². The van der Waals surface area contributed by atoms with Gasteiger partial charge < -0.3 is 9.84 Å². The maximum atomic E-state index is 11.9. The van der Waals surface area contributed by atoms with Crippen molar-refractivity contribution >= 4 is 5.97 Å². The molecule has 0 saturated heterocycles. The Morgan fingerprint density at radius 2 is 1.52 bits per heavy atom. The Labute approximate surface area is 125 Å². The van der Waals surface area contributed by atoms with Gasteiger partial charge in [0, 0.05) is 0 Å². The lowest BCUT2D eigenvalue weighted by Crippen LogP contribution is -2.35. The lowest BCUT2D eigenvalue weighted by atomic mass is 9.84. The Hall–Kier alpha value is -2.13. The summed E-state index contributed by atoms with van der Waals surface area (Å²) in [4.78, 5) is 11.9. The Balaban J connectivity index is 2.35. The summed E-state index contributed by atoms with van der Waals surface area (Å²) >= 11 is 0. The molecule has 2 aromatic rings. The van der Waals surface area contributed by atoms with Gasteiger partial charge in [0.25, 0.3) is 0 Å². The standard InChI is InChI=1S/C18H20O3/c1-18(2,20)16(17(19)21-3)15-11-9-14(10-12-15)13-7-5-4-6-8-13/h4-12,16,20H,1-3H3. The summed E-state index contributed by atoms with van der Waals surface area (Å²) in [5.74, 6) is -1.14. The highest BCUT2D eigenvalue weighted by molar-refractivity contribution is 5.80. The van der Waals surface area contributed by atoms with Gasteiger partial charge in [0.15, 0.2) is 0 Å². The smallest absolute Gasteiger partial charge is 0.316 e. The molecule has 0 radical (unpaired) electrons. The molecule has 2 rings (SSSR count). The maximum Gasteiger partial charge on any atom is 0.316 e. The molecule has 0 saturated carbocycles. The summed E-state index contributed by atoms with van der Waals surface area (Å²) in [6.07, 6.45) is 0. The molecule has 110 valence electrons. The SMILES string of the molecule is COC(=O)C(c1ccc(-c2ccccc2)cc1)C(C)(C)O. The summed E-state index contributed by atoms with van der Waals surface area (Å²) in [5.41, 5.74) is 1.75. The van der Waals surface area contributed by atoms with Crippen LogP contribution in [0.2, 0.25) is 0 Å². The van der Waals surface area contributed by atoms with E-state index in [4.69, 9.17) is 4.74 Å². The van der Waals surface area contributed by atoms with Crippen molar-refractivity contribution < 1.29 is 14.6 Å². The third-order valence-corrected chi connectivity index (χ3v) is 3.49. The minimum absolute atomic E-state index is 0.435. The molecule has 0 amide bonds. The Morgan fingerprint density at radius 1 is 1.00 bits per heavy atom. The van der Waals surface area contributed by atoms with E-state index in [-0.39, 0.29) is 0 Å². The predicted octanol–water partition coefficient (Wildman–Crippen LogP) is 3.38. The first-order valence-electron chi connectivity index (χ1n) is 6.89. The maximum absolute atomic E-state index is 11.9. The second-order valence-electron chi connectivity index (χ2n) is 5.60. The monoisotopic (exact) mass is 284 g/mol. The van der Waals surface area contributed by atoms with Gasteiger partial charge in [-0.3, -0.25) is 4.79 Å². The average Bonchev–Trinajstić information content (AvgIpc) is 2.47. The second kappa shape index (κ2) is 6.10. The number of hydrogen-bond acceptors (Lipinski definition) is 3. The van der Waals surface area contributed by atoms with Crippen LogP contribution in [-0.2, 0) is 9.53 Å². The molecule has 1 unspecified atom stereocenters. The van der Waals surface area contributed by atoms with Crippen molar-refractivity contribution in [2.75, 3.05) is 7.11 Å². The van der Waals surface area contributed by atoms with Crippen molar-refractivity contribution in [2.24, 2.45) is 0 Å². The summed E-state index contributed by atoms with van der Waals surface area (Å²) in [6.45, 7) is 3.22. The first kappa shape index (κ1) is 15.3. The minimum atomic E-state index is -1.18. The number of esters is 1. The zero-order valence-electron chi connectivity index (χ0n) is 12.5. The van der Waals surface area contributed by atoms with Crippen molar-refractivity contribution in [2.45, 2.75) is 25.4 Å². The number of benzene rings is 2. The van der Waals surface area contributed by atoms with Crippen LogP contribution in [0, 0.1) is 0 Å². The van der Waals surface area contributed by atoms with Gasteiger partial charge in [-0.15, -0.1) is 0 Å². The zero-order valence-corrected chi connectivity index (χ0v) is 12.5. The van der Waals surface area contributed by atoms with Crippen LogP contribution in [0.15, 0.2) is 54.6 Å². The van der Waals surface area contributed by atoms with E-state index in [0.29, 0.717) is 0 Å². The molecule has 0 aliphatic rings. The highest BCUT2D eigenvalue weighted by Gasteiger charge is 2.35. The lowest BCUT2D eigenvalue weighted by molar-refractivity contribution is -0.148. The van der Waals surface area contributed by atoms with Gasteiger partial charge in [-0.05, 0) is 30.5 Å². The second-order valence-corrected chi connectivity index (χ2v) is 5.60. The quantitative estimate of drug-likeness (QED) is 0.875. The third kappa shape index (κ3) is 3.50.